The van der Waals surface area contributed by atoms with Gasteiger partial charge in [0.25, 0.3) is 0 Å². The number of benzene rings is 1. The molecule has 2 heterocycles. The Morgan fingerprint density at radius 1 is 1.16 bits per heavy atom. The smallest absolute Gasteiger partial charge is 0.226 e. The van der Waals surface area contributed by atoms with Crippen molar-refractivity contribution in [3.05, 3.63) is 35.6 Å². The Labute approximate surface area is 149 Å². The molecule has 2 fully saturated rings. The van der Waals surface area contributed by atoms with Crippen LogP contribution in [0, 0.1) is 17.7 Å². The van der Waals surface area contributed by atoms with E-state index in [1.807, 2.05) is 24.0 Å². The minimum atomic E-state index is -0.182. The maximum Gasteiger partial charge on any atom is 0.226 e. The summed E-state index contributed by atoms with van der Waals surface area (Å²) in [5.41, 5.74) is 1.19. The molecule has 1 atom stereocenters. The fourth-order valence-electron chi connectivity index (χ4n) is 3.87. The van der Waals surface area contributed by atoms with Crippen LogP contribution >= 0.6 is 0 Å². The van der Waals surface area contributed by atoms with E-state index in [1.54, 1.807) is 0 Å². The first-order valence-electron chi connectivity index (χ1n) is 9.45. The molecular formula is C20H29FN2O2. The summed E-state index contributed by atoms with van der Waals surface area (Å²) in [6, 6.07) is 6.80. The maximum atomic E-state index is 13.0. The lowest BCUT2D eigenvalue weighted by atomic mass is 9.89. The Kier molecular flexibility index (Phi) is 6.43. The molecule has 25 heavy (non-hydrogen) atoms. The average Bonchev–Trinajstić information content (AvgIpc) is 2.64. The molecule has 3 rings (SSSR count). The second kappa shape index (κ2) is 8.77. The van der Waals surface area contributed by atoms with Crippen molar-refractivity contribution < 1.29 is 13.9 Å². The van der Waals surface area contributed by atoms with E-state index in [-0.39, 0.29) is 17.6 Å². The first kappa shape index (κ1) is 18.3. The molecule has 2 saturated heterocycles. The number of likely N-dealkylation sites (tertiary alicyclic amines) is 1. The minimum absolute atomic E-state index is 0.0479. The number of nitrogens with zero attached hydrogens (tertiary/aromatic N) is 2. The molecule has 0 spiro atoms. The summed E-state index contributed by atoms with van der Waals surface area (Å²) >= 11 is 0. The molecule has 4 nitrogen and oxygen atoms in total. The molecule has 1 aromatic rings. The molecule has 1 amide bonds. The Bertz CT molecular complexity index is 549. The van der Waals surface area contributed by atoms with Crippen LogP contribution in [0.25, 0.3) is 0 Å². The van der Waals surface area contributed by atoms with E-state index in [1.165, 1.54) is 17.7 Å². The van der Waals surface area contributed by atoms with Crippen molar-refractivity contribution >= 4 is 5.91 Å². The quantitative estimate of drug-likeness (QED) is 0.820. The number of hydrogen-bond donors (Lipinski definition) is 0. The SMILES string of the molecule is C[C@@H](CN1CCOCC1)C(=O)N1CCC(Cc2ccc(F)cc2)CC1. The fraction of sp³-hybridized carbons (Fsp3) is 0.650. The third-order valence-corrected chi connectivity index (χ3v) is 5.42. The molecule has 0 aliphatic carbocycles. The number of carbonyl (C=O) groups excluding carboxylic acids is 1. The predicted molar refractivity (Wildman–Crippen MR) is 95.8 cm³/mol. The van der Waals surface area contributed by atoms with E-state index in [0.717, 1.165) is 65.2 Å². The number of amides is 1. The second-order valence-electron chi connectivity index (χ2n) is 7.41. The van der Waals surface area contributed by atoms with Crippen LogP contribution in [-0.4, -0.2) is 61.6 Å². The summed E-state index contributed by atoms with van der Waals surface area (Å²) < 4.78 is 18.4. The maximum absolute atomic E-state index is 13.0. The van der Waals surface area contributed by atoms with Gasteiger partial charge in [0.1, 0.15) is 5.82 Å². The normalized spacial score (nSPS) is 21.3. The molecule has 2 aliphatic rings. The monoisotopic (exact) mass is 348 g/mol. The third-order valence-electron chi connectivity index (χ3n) is 5.42. The van der Waals surface area contributed by atoms with Gasteiger partial charge in [0.2, 0.25) is 5.91 Å². The molecule has 0 aromatic heterocycles. The van der Waals surface area contributed by atoms with Crippen LogP contribution < -0.4 is 0 Å². The van der Waals surface area contributed by atoms with Crippen molar-refractivity contribution in [3.8, 4) is 0 Å². The van der Waals surface area contributed by atoms with Crippen molar-refractivity contribution in [1.82, 2.24) is 9.80 Å². The van der Waals surface area contributed by atoms with E-state index >= 15 is 0 Å². The lowest BCUT2D eigenvalue weighted by Crippen LogP contribution is -2.46. The lowest BCUT2D eigenvalue weighted by Gasteiger charge is -2.35. The Balaban J connectivity index is 1.43. The molecular weight excluding hydrogens is 319 g/mol. The number of hydrogen-bond acceptors (Lipinski definition) is 3. The predicted octanol–water partition coefficient (Wildman–Crippen LogP) is 2.58. The first-order valence-corrected chi connectivity index (χ1v) is 9.45. The summed E-state index contributed by atoms with van der Waals surface area (Å²) in [5, 5.41) is 0. The van der Waals surface area contributed by atoms with Crippen LogP contribution in [0.3, 0.4) is 0 Å². The summed E-state index contributed by atoms with van der Waals surface area (Å²) in [4.78, 5) is 17.1. The molecule has 0 saturated carbocycles. The highest BCUT2D eigenvalue weighted by Gasteiger charge is 2.27. The zero-order valence-corrected chi connectivity index (χ0v) is 15.1. The Hall–Kier alpha value is -1.46. The van der Waals surface area contributed by atoms with Gasteiger partial charge in [-0.1, -0.05) is 19.1 Å². The minimum Gasteiger partial charge on any atom is -0.379 e. The van der Waals surface area contributed by atoms with Crippen molar-refractivity contribution in [2.45, 2.75) is 26.2 Å². The molecule has 1 aromatic carbocycles. The molecule has 0 bridgehead atoms. The van der Waals surface area contributed by atoms with Gasteiger partial charge in [0.05, 0.1) is 13.2 Å². The number of ether oxygens (including phenoxy) is 1. The van der Waals surface area contributed by atoms with E-state index < -0.39 is 0 Å². The number of rotatable bonds is 5. The molecule has 5 heteroatoms. The highest BCUT2D eigenvalue weighted by molar-refractivity contribution is 5.78. The van der Waals surface area contributed by atoms with E-state index in [0.29, 0.717) is 5.92 Å². The van der Waals surface area contributed by atoms with Crippen molar-refractivity contribution in [3.63, 3.8) is 0 Å². The van der Waals surface area contributed by atoms with Gasteiger partial charge in [-0.3, -0.25) is 9.69 Å². The van der Waals surface area contributed by atoms with E-state index in [9.17, 15) is 9.18 Å². The zero-order valence-electron chi connectivity index (χ0n) is 15.1. The van der Waals surface area contributed by atoms with Crippen LogP contribution in [0.5, 0.6) is 0 Å². The highest BCUT2D eigenvalue weighted by atomic mass is 19.1. The summed E-state index contributed by atoms with van der Waals surface area (Å²) in [7, 11) is 0. The Morgan fingerprint density at radius 3 is 2.44 bits per heavy atom. The van der Waals surface area contributed by atoms with Crippen molar-refractivity contribution in [1.29, 1.82) is 0 Å². The zero-order chi connectivity index (χ0) is 17.6. The summed E-state index contributed by atoms with van der Waals surface area (Å²) in [6.45, 7) is 7.97. The van der Waals surface area contributed by atoms with Crippen LogP contribution in [-0.2, 0) is 16.0 Å². The van der Waals surface area contributed by atoms with Crippen molar-refractivity contribution in [2.75, 3.05) is 45.9 Å². The standard InChI is InChI=1S/C20H29FN2O2/c1-16(15-22-10-12-25-13-11-22)20(24)23-8-6-18(7-9-23)14-17-2-4-19(21)5-3-17/h2-5,16,18H,6-15H2,1H3/t16-/m0/s1. The highest BCUT2D eigenvalue weighted by Crippen LogP contribution is 2.23. The van der Waals surface area contributed by atoms with Crippen molar-refractivity contribution in [2.24, 2.45) is 11.8 Å². The lowest BCUT2D eigenvalue weighted by molar-refractivity contribution is -0.137. The average molecular weight is 348 g/mol. The van der Waals surface area contributed by atoms with Gasteiger partial charge < -0.3 is 9.64 Å². The van der Waals surface area contributed by atoms with Gasteiger partial charge in [-0.25, -0.2) is 4.39 Å². The topological polar surface area (TPSA) is 32.8 Å². The van der Waals surface area contributed by atoms with Gasteiger partial charge in [-0.2, -0.15) is 0 Å². The molecule has 0 unspecified atom stereocenters. The largest absolute Gasteiger partial charge is 0.379 e. The molecule has 0 radical (unpaired) electrons. The van der Waals surface area contributed by atoms with Crippen LogP contribution in [0.4, 0.5) is 4.39 Å². The number of morpholine rings is 1. The number of piperidine rings is 1. The van der Waals surface area contributed by atoms with Gasteiger partial charge in [0.15, 0.2) is 0 Å². The number of carbonyl (C=O) groups is 1. The van der Waals surface area contributed by atoms with Gasteiger partial charge in [0, 0.05) is 38.6 Å². The summed E-state index contributed by atoms with van der Waals surface area (Å²) in [6.07, 6.45) is 3.05. The Morgan fingerprint density at radius 2 is 1.80 bits per heavy atom. The second-order valence-corrected chi connectivity index (χ2v) is 7.41. The van der Waals surface area contributed by atoms with Crippen LogP contribution in [0.2, 0.25) is 0 Å². The molecule has 138 valence electrons. The third kappa shape index (κ3) is 5.25. The number of halogens is 1. The van der Waals surface area contributed by atoms with E-state index in [2.05, 4.69) is 4.90 Å². The van der Waals surface area contributed by atoms with Crippen LogP contribution in [0.15, 0.2) is 24.3 Å². The first-order chi connectivity index (χ1) is 12.1. The van der Waals surface area contributed by atoms with Gasteiger partial charge in [-0.15, -0.1) is 0 Å². The van der Waals surface area contributed by atoms with Gasteiger partial charge >= 0.3 is 0 Å². The van der Waals surface area contributed by atoms with Gasteiger partial charge in [-0.05, 0) is 42.9 Å². The fourth-order valence-corrected chi connectivity index (χ4v) is 3.87. The molecule has 0 N–H and O–H groups in total. The van der Waals surface area contributed by atoms with E-state index in [4.69, 9.17) is 4.74 Å². The molecule has 2 aliphatic heterocycles. The van der Waals surface area contributed by atoms with Crippen LogP contribution in [0.1, 0.15) is 25.3 Å². The summed E-state index contributed by atoms with van der Waals surface area (Å²) in [5.74, 6) is 0.737.